The van der Waals surface area contributed by atoms with Gasteiger partial charge in [0.1, 0.15) is 12.0 Å². The van der Waals surface area contributed by atoms with Crippen LogP contribution in [0.4, 0.5) is 27.3 Å². The largest absolute Gasteiger partial charge is 0.387 e. The van der Waals surface area contributed by atoms with E-state index in [0.717, 1.165) is 11.3 Å². The highest BCUT2D eigenvalue weighted by Crippen LogP contribution is 2.26. The lowest BCUT2D eigenvalue weighted by Gasteiger charge is -2.23. The predicted octanol–water partition coefficient (Wildman–Crippen LogP) is 3.87. The van der Waals surface area contributed by atoms with Gasteiger partial charge in [0.15, 0.2) is 0 Å². The minimum absolute atomic E-state index is 0.0485. The minimum atomic E-state index is -1.60. The number of amides is 1. The SMILES string of the molecule is C=Nc1ccc(Nc2cc(NC(C)C)c(C(=O)NC[C@@H](F)C(C)(C)O)cn2)cc1C=NC. The van der Waals surface area contributed by atoms with Gasteiger partial charge in [0, 0.05) is 42.8 Å². The summed E-state index contributed by atoms with van der Waals surface area (Å²) < 4.78 is 14.0. The molecule has 1 amide bonds. The summed E-state index contributed by atoms with van der Waals surface area (Å²) in [5.41, 5.74) is 1.55. The van der Waals surface area contributed by atoms with E-state index >= 15 is 0 Å². The average Bonchev–Trinajstić information content (AvgIpc) is 2.71. The summed E-state index contributed by atoms with van der Waals surface area (Å²) in [6.45, 7) is 9.85. The Morgan fingerprint density at radius 2 is 2.06 bits per heavy atom. The van der Waals surface area contributed by atoms with Gasteiger partial charge in [0.25, 0.3) is 5.91 Å². The fourth-order valence-electron chi connectivity index (χ4n) is 2.83. The first-order chi connectivity index (χ1) is 15.0. The molecule has 0 bridgehead atoms. The molecular weight excluding hydrogens is 411 g/mol. The van der Waals surface area contributed by atoms with Crippen molar-refractivity contribution in [2.75, 3.05) is 24.2 Å². The molecule has 0 aliphatic heterocycles. The van der Waals surface area contributed by atoms with E-state index in [1.807, 2.05) is 32.0 Å². The summed E-state index contributed by atoms with van der Waals surface area (Å²) in [6.07, 6.45) is 1.51. The highest BCUT2D eigenvalue weighted by molar-refractivity contribution is 6.00. The van der Waals surface area contributed by atoms with Gasteiger partial charge in [0.05, 0.1) is 29.1 Å². The number of anilines is 3. The van der Waals surface area contributed by atoms with Crippen molar-refractivity contribution < 1.29 is 14.3 Å². The van der Waals surface area contributed by atoms with Crippen molar-refractivity contribution in [1.82, 2.24) is 10.3 Å². The molecule has 32 heavy (non-hydrogen) atoms. The van der Waals surface area contributed by atoms with Crippen molar-refractivity contribution in [1.29, 1.82) is 0 Å². The zero-order chi connectivity index (χ0) is 23.9. The van der Waals surface area contributed by atoms with Crippen LogP contribution in [0.3, 0.4) is 0 Å². The van der Waals surface area contributed by atoms with Crippen LogP contribution in [0, 0.1) is 0 Å². The van der Waals surface area contributed by atoms with Gasteiger partial charge in [-0.15, -0.1) is 0 Å². The lowest BCUT2D eigenvalue weighted by molar-refractivity contribution is -0.00177. The Bertz CT molecular complexity index is 985. The van der Waals surface area contributed by atoms with Crippen LogP contribution >= 0.6 is 0 Å². The topological polar surface area (TPSA) is 111 Å². The molecule has 0 fully saturated rings. The van der Waals surface area contributed by atoms with Gasteiger partial charge >= 0.3 is 0 Å². The average molecular weight is 443 g/mol. The summed E-state index contributed by atoms with van der Waals surface area (Å²) in [5, 5.41) is 18.7. The van der Waals surface area contributed by atoms with E-state index in [1.54, 1.807) is 19.3 Å². The van der Waals surface area contributed by atoms with E-state index in [-0.39, 0.29) is 18.2 Å². The van der Waals surface area contributed by atoms with Gasteiger partial charge < -0.3 is 21.1 Å². The molecule has 0 saturated carbocycles. The van der Waals surface area contributed by atoms with Crippen LogP contribution in [-0.2, 0) is 0 Å². The van der Waals surface area contributed by atoms with E-state index < -0.39 is 17.7 Å². The summed E-state index contributed by atoms with van der Waals surface area (Å²) in [5.74, 6) is 0.0326. The molecule has 0 unspecified atom stereocenters. The molecule has 9 heteroatoms. The summed E-state index contributed by atoms with van der Waals surface area (Å²) >= 11 is 0. The van der Waals surface area contributed by atoms with Crippen LogP contribution in [0.25, 0.3) is 0 Å². The number of halogens is 1. The number of hydrogen-bond donors (Lipinski definition) is 4. The molecule has 0 saturated heterocycles. The molecule has 0 radical (unpaired) electrons. The Hall–Kier alpha value is -3.33. The van der Waals surface area contributed by atoms with Crippen molar-refractivity contribution in [3.8, 4) is 0 Å². The Kier molecular flexibility index (Phi) is 8.42. The Morgan fingerprint density at radius 3 is 2.66 bits per heavy atom. The van der Waals surface area contributed by atoms with Crippen molar-refractivity contribution in [2.24, 2.45) is 9.98 Å². The van der Waals surface area contributed by atoms with E-state index in [1.165, 1.54) is 20.0 Å². The second-order valence-corrected chi connectivity index (χ2v) is 8.19. The normalized spacial score (nSPS) is 12.6. The molecule has 4 N–H and O–H groups in total. The van der Waals surface area contributed by atoms with Crippen LogP contribution < -0.4 is 16.0 Å². The summed E-state index contributed by atoms with van der Waals surface area (Å²) in [7, 11) is 1.68. The molecule has 2 rings (SSSR count). The number of carbonyl (C=O) groups excluding carboxylic acids is 1. The lowest BCUT2D eigenvalue weighted by atomic mass is 10.0. The molecule has 1 heterocycles. The zero-order valence-electron chi connectivity index (χ0n) is 19.1. The van der Waals surface area contributed by atoms with Crippen LogP contribution in [0.15, 0.2) is 40.4 Å². The second-order valence-electron chi connectivity index (χ2n) is 8.19. The Morgan fingerprint density at radius 1 is 1.34 bits per heavy atom. The van der Waals surface area contributed by atoms with Gasteiger partial charge in [-0.05, 0) is 52.6 Å². The van der Waals surface area contributed by atoms with Crippen molar-refractivity contribution in [3.63, 3.8) is 0 Å². The number of nitrogens with one attached hydrogen (secondary N) is 3. The first-order valence-electron chi connectivity index (χ1n) is 10.3. The number of aromatic nitrogens is 1. The number of benzene rings is 1. The molecule has 2 aromatic rings. The molecule has 1 aromatic heterocycles. The summed E-state index contributed by atoms with van der Waals surface area (Å²) in [4.78, 5) is 25.0. The first kappa shape index (κ1) is 24.9. The lowest BCUT2D eigenvalue weighted by Crippen LogP contribution is -2.42. The van der Waals surface area contributed by atoms with Crippen molar-refractivity contribution in [3.05, 3.63) is 41.6 Å². The summed E-state index contributed by atoms with van der Waals surface area (Å²) in [6, 6.07) is 7.29. The standard InChI is InChI=1S/C23H31FN6O2/c1-14(2)29-19-10-21(30-16-7-8-18(26-6)15(9-16)11-25-5)27-12-17(19)22(31)28-13-20(24)23(3,4)32/h7-12,14,20,32H,6,13H2,1-5H3,(H,28,31)(H2,27,29,30)/t20-/m1/s1. The molecular formula is C23H31FN6O2. The van der Waals surface area contributed by atoms with Crippen LogP contribution in [0.5, 0.6) is 0 Å². The molecule has 0 spiro atoms. The molecule has 1 aromatic carbocycles. The molecule has 1 atom stereocenters. The van der Waals surface area contributed by atoms with Gasteiger partial charge in [-0.2, -0.15) is 0 Å². The maximum absolute atomic E-state index is 14.0. The second kappa shape index (κ2) is 10.8. The number of carbonyl (C=O) groups is 1. The number of rotatable bonds is 10. The maximum atomic E-state index is 14.0. The number of nitrogens with zero attached hydrogens (tertiary/aromatic N) is 3. The maximum Gasteiger partial charge on any atom is 0.255 e. The Labute approximate surface area is 188 Å². The predicted molar refractivity (Wildman–Crippen MR) is 129 cm³/mol. The van der Waals surface area contributed by atoms with Crippen molar-refractivity contribution in [2.45, 2.75) is 45.5 Å². The third-order valence-electron chi connectivity index (χ3n) is 4.54. The van der Waals surface area contributed by atoms with Gasteiger partial charge in [-0.3, -0.25) is 14.8 Å². The van der Waals surface area contributed by atoms with Crippen LogP contribution in [-0.4, -0.2) is 60.3 Å². The zero-order valence-corrected chi connectivity index (χ0v) is 19.1. The molecule has 8 nitrogen and oxygen atoms in total. The number of aliphatic hydroxyl groups is 1. The highest BCUT2D eigenvalue weighted by atomic mass is 19.1. The molecule has 172 valence electrons. The minimum Gasteiger partial charge on any atom is -0.387 e. The van der Waals surface area contributed by atoms with Gasteiger partial charge in [-0.25, -0.2) is 9.37 Å². The van der Waals surface area contributed by atoms with Gasteiger partial charge in [-0.1, -0.05) is 0 Å². The molecule has 0 aliphatic carbocycles. The fraction of sp³-hybridized carbons (Fsp3) is 0.391. The van der Waals surface area contributed by atoms with Crippen molar-refractivity contribution >= 4 is 41.7 Å². The molecule has 0 aliphatic rings. The smallest absolute Gasteiger partial charge is 0.255 e. The van der Waals surface area contributed by atoms with Crippen LogP contribution in [0.1, 0.15) is 43.6 Å². The number of hydrogen-bond acceptors (Lipinski definition) is 7. The van der Waals surface area contributed by atoms with E-state index in [9.17, 15) is 14.3 Å². The van der Waals surface area contributed by atoms with E-state index in [4.69, 9.17) is 0 Å². The number of aliphatic imine (C=N–C) groups is 2. The fourth-order valence-corrected chi connectivity index (χ4v) is 2.83. The van der Waals surface area contributed by atoms with Gasteiger partial charge in [0.2, 0.25) is 0 Å². The van der Waals surface area contributed by atoms with Crippen LogP contribution in [0.2, 0.25) is 0 Å². The number of alkyl halides is 1. The highest BCUT2D eigenvalue weighted by Gasteiger charge is 2.27. The number of pyridine rings is 1. The Balaban J connectivity index is 2.27. The third kappa shape index (κ3) is 6.84. The first-order valence-corrected chi connectivity index (χ1v) is 10.3. The third-order valence-corrected chi connectivity index (χ3v) is 4.54. The van der Waals surface area contributed by atoms with E-state index in [2.05, 4.69) is 37.6 Å². The van der Waals surface area contributed by atoms with E-state index in [0.29, 0.717) is 17.2 Å². The quantitative estimate of drug-likeness (QED) is 0.418. The monoisotopic (exact) mass is 442 g/mol.